The topological polar surface area (TPSA) is 61.0 Å². The molecule has 7 heteroatoms. The first kappa shape index (κ1) is 8.13. The highest BCUT2D eigenvalue weighted by Crippen LogP contribution is 1.82. The number of hydrogen-bond donors (Lipinski definition) is 1. The predicted molar refractivity (Wildman–Crippen MR) is 51.0 cm³/mol. The summed E-state index contributed by atoms with van der Waals surface area (Å²) in [4.78, 5) is 8.08. The second-order valence-electron chi connectivity index (χ2n) is 2.28. The fraction of sp³-hybridized carbons (Fsp3) is 0. The summed E-state index contributed by atoms with van der Waals surface area (Å²) in [6.07, 6.45) is 1.67. The summed E-state index contributed by atoms with van der Waals surface area (Å²) < 4.78 is 4.87. The Hall–Kier alpha value is -0.965. The zero-order valence-electron chi connectivity index (χ0n) is 6.66. The molecule has 1 heterocycles. The van der Waals surface area contributed by atoms with Crippen LogP contribution in [0, 0.1) is 0 Å². The largest absolute Gasteiger partial charge is 0.502 e. The molecule has 0 spiro atoms. The fourth-order valence-electron chi connectivity index (χ4n) is 0.769. The van der Waals surface area contributed by atoms with Crippen molar-refractivity contribution in [2.45, 2.75) is 0 Å². The predicted octanol–water partition coefficient (Wildman–Crippen LogP) is -4.14. The summed E-state index contributed by atoms with van der Waals surface area (Å²) in [5.74, 6) is 0.451. The lowest BCUT2D eigenvalue weighted by Gasteiger charge is -2.01. The molecule has 0 saturated carbocycles. The lowest BCUT2D eigenvalue weighted by Crippen LogP contribution is -2.29. The zero-order chi connectivity index (χ0) is 8.27. The van der Waals surface area contributed by atoms with E-state index >= 15 is 0 Å². The summed E-state index contributed by atoms with van der Waals surface area (Å²) in [5, 5.41) is 0. The Morgan fingerprint density at radius 2 is 2.36 bits per heavy atom. The summed E-state index contributed by atoms with van der Waals surface area (Å²) >= 11 is 0. The van der Waals surface area contributed by atoms with Crippen LogP contribution in [0.25, 0.3) is 0 Å². The van der Waals surface area contributed by atoms with Gasteiger partial charge in [-0.05, 0) is 0 Å². The third-order valence-electron chi connectivity index (χ3n) is 1.28. The lowest BCUT2D eigenvalue weighted by atomic mass is 9.93. The van der Waals surface area contributed by atoms with Crippen LogP contribution in [0.5, 0.6) is 0 Å². The summed E-state index contributed by atoms with van der Waals surface area (Å²) in [6, 6.07) is 0. The Morgan fingerprint density at radius 1 is 1.64 bits per heavy atom. The molecule has 1 aromatic rings. The minimum absolute atomic E-state index is 0.416. The van der Waals surface area contributed by atoms with Crippen LogP contribution in [0.3, 0.4) is 0 Å². The third-order valence-corrected chi connectivity index (χ3v) is 1.28. The first-order valence-corrected chi connectivity index (χ1v) is 3.31. The molecule has 2 N–H and O–H groups in total. The van der Waals surface area contributed by atoms with Gasteiger partial charge in [0.15, 0.2) is 7.85 Å². The molecule has 0 bridgehead atoms. The number of nitrogen functional groups attached to an aromatic ring is 1. The lowest BCUT2D eigenvalue weighted by molar-refractivity contribution is 0.675. The Kier molecular flexibility index (Phi) is 2.54. The van der Waals surface area contributed by atoms with Gasteiger partial charge in [-0.2, -0.15) is 0 Å². The van der Waals surface area contributed by atoms with E-state index in [0.717, 1.165) is 5.59 Å². The van der Waals surface area contributed by atoms with Gasteiger partial charge in [-0.25, -0.2) is 4.98 Å². The molecule has 4 nitrogen and oxygen atoms in total. The van der Waals surface area contributed by atoms with Gasteiger partial charge in [0.25, 0.3) is 0 Å². The molecular weight excluding hydrogens is 138 g/mol. The molecular formula is C4H8B3N3O. The van der Waals surface area contributed by atoms with Crippen molar-refractivity contribution in [2.75, 3.05) is 5.73 Å². The number of hydrogen-bond acceptors (Lipinski definition) is 4. The van der Waals surface area contributed by atoms with Crippen LogP contribution in [0.1, 0.15) is 0 Å². The van der Waals surface area contributed by atoms with Gasteiger partial charge < -0.3 is 10.3 Å². The quantitative estimate of drug-likeness (QED) is 0.431. The molecule has 0 fully saturated rings. The monoisotopic (exact) mass is 147 g/mol. The highest BCUT2D eigenvalue weighted by Gasteiger charge is 2.02. The highest BCUT2D eigenvalue weighted by atomic mass is 16.4. The van der Waals surface area contributed by atoms with Crippen molar-refractivity contribution in [3.63, 3.8) is 0 Å². The van der Waals surface area contributed by atoms with Gasteiger partial charge in [-0.15, -0.1) is 0 Å². The molecule has 0 atom stereocenters. The third kappa shape index (κ3) is 1.98. The molecule has 0 radical (unpaired) electrons. The van der Waals surface area contributed by atoms with Gasteiger partial charge in [-0.1, -0.05) is 0 Å². The van der Waals surface area contributed by atoms with Crippen molar-refractivity contribution in [3.05, 3.63) is 6.20 Å². The van der Waals surface area contributed by atoms with E-state index in [0.29, 0.717) is 18.9 Å². The van der Waals surface area contributed by atoms with Crippen LogP contribution in [-0.4, -0.2) is 33.3 Å². The van der Waals surface area contributed by atoms with Crippen LogP contribution in [-0.2, 0) is 4.57 Å². The van der Waals surface area contributed by atoms with Crippen molar-refractivity contribution in [2.24, 2.45) is 0 Å². The van der Waals surface area contributed by atoms with E-state index < -0.39 is 0 Å². The van der Waals surface area contributed by atoms with E-state index in [1.54, 1.807) is 14.2 Å². The van der Waals surface area contributed by atoms with Gasteiger partial charge in [0.2, 0.25) is 8.05 Å². The molecule has 0 aromatic carbocycles. The Morgan fingerprint density at radius 3 is 2.91 bits per heavy atom. The maximum Gasteiger partial charge on any atom is 0.317 e. The van der Waals surface area contributed by atoms with E-state index in [-0.39, 0.29) is 0 Å². The molecule has 0 aliphatic rings. The van der Waals surface area contributed by atoms with E-state index in [1.807, 2.05) is 7.85 Å². The molecule has 11 heavy (non-hydrogen) atoms. The van der Waals surface area contributed by atoms with Crippen LogP contribution in [0.15, 0.2) is 6.20 Å². The van der Waals surface area contributed by atoms with Gasteiger partial charge in [0.05, 0.1) is 5.59 Å². The first-order chi connectivity index (χ1) is 5.24. The van der Waals surface area contributed by atoms with Crippen LogP contribution >= 0.6 is 0 Å². The van der Waals surface area contributed by atoms with Crippen LogP contribution < -0.4 is 16.9 Å². The minimum Gasteiger partial charge on any atom is -0.502 e. The van der Waals surface area contributed by atoms with Crippen molar-refractivity contribution < 1.29 is 4.57 Å². The Bertz CT molecular complexity index is 256. The Balaban J connectivity index is 2.90. The average Bonchev–Trinajstić information content (AvgIpc) is 1.95. The molecule has 1 rings (SSSR count). The van der Waals surface area contributed by atoms with E-state index in [2.05, 4.69) is 9.97 Å². The maximum atomic E-state index is 5.55. The summed E-state index contributed by atoms with van der Waals surface area (Å²) in [6.45, 7) is 0. The van der Waals surface area contributed by atoms with Crippen molar-refractivity contribution in [1.82, 2.24) is 9.97 Å². The van der Waals surface area contributed by atoms with Crippen LogP contribution in [0.2, 0.25) is 0 Å². The summed E-state index contributed by atoms with van der Waals surface area (Å²) in [5.41, 5.74) is 7.07. The minimum atomic E-state index is 0.416. The van der Waals surface area contributed by atoms with E-state index in [1.165, 1.54) is 0 Å². The van der Waals surface area contributed by atoms with Crippen molar-refractivity contribution >= 4 is 40.4 Å². The van der Waals surface area contributed by atoms with Gasteiger partial charge >= 0.3 is 7.48 Å². The van der Waals surface area contributed by atoms with Gasteiger partial charge in [-0.3, -0.25) is 4.98 Å². The second-order valence-corrected chi connectivity index (χ2v) is 2.28. The number of nitrogens with two attached hydrogens (primary N) is 1. The van der Waals surface area contributed by atoms with Gasteiger partial charge in [0.1, 0.15) is 5.82 Å². The molecule has 54 valence electrons. The fourth-order valence-corrected chi connectivity index (χ4v) is 0.769. The molecule has 0 unspecified atom stereocenters. The SMILES string of the molecule is BOBc1ncc(B)nc1N. The van der Waals surface area contributed by atoms with E-state index in [9.17, 15) is 0 Å². The van der Waals surface area contributed by atoms with Crippen molar-refractivity contribution in [1.29, 1.82) is 0 Å². The number of aromatic nitrogens is 2. The molecule has 0 amide bonds. The molecule has 0 aliphatic heterocycles. The molecule has 1 aromatic heterocycles. The van der Waals surface area contributed by atoms with Crippen LogP contribution in [0.4, 0.5) is 5.82 Å². The first-order valence-electron chi connectivity index (χ1n) is 3.31. The molecule has 0 aliphatic carbocycles. The number of anilines is 1. The van der Waals surface area contributed by atoms with Gasteiger partial charge in [0, 0.05) is 11.8 Å². The smallest absolute Gasteiger partial charge is 0.317 e. The summed E-state index contributed by atoms with van der Waals surface area (Å²) in [7, 11) is 3.86. The Labute approximate surface area is 67.7 Å². The zero-order valence-corrected chi connectivity index (χ0v) is 6.66. The number of rotatable bonds is 2. The average molecular weight is 147 g/mol. The van der Waals surface area contributed by atoms with Crippen molar-refractivity contribution in [3.8, 4) is 0 Å². The normalized spacial score (nSPS) is 9.45. The molecule has 0 saturated heterocycles. The maximum absolute atomic E-state index is 5.55. The second kappa shape index (κ2) is 3.43. The standard InChI is InChI=1S/C4H8B3N3O/c5-2-1-9-3(7-11-6)4(8)10-2/h1,7H,5-6H2,(H2,8,10). The van der Waals surface area contributed by atoms with E-state index in [4.69, 9.17) is 10.3 Å². The highest BCUT2D eigenvalue weighted by molar-refractivity contribution is 6.51. The number of nitrogens with zero attached hydrogens (tertiary/aromatic N) is 2.